The van der Waals surface area contributed by atoms with Gasteiger partial charge >= 0.3 is 5.97 Å². The van der Waals surface area contributed by atoms with Crippen LogP contribution in [0.15, 0.2) is 36.5 Å². The van der Waals surface area contributed by atoms with E-state index < -0.39 is 5.97 Å². The van der Waals surface area contributed by atoms with Crippen LogP contribution < -0.4 is 14.8 Å². The maximum atomic E-state index is 12.6. The molecule has 1 amide bonds. The number of nitrogens with zero attached hydrogens (tertiary/aromatic N) is 1. The number of aromatic nitrogens is 1. The van der Waals surface area contributed by atoms with Gasteiger partial charge < -0.3 is 19.9 Å². The molecule has 26 heavy (non-hydrogen) atoms. The van der Waals surface area contributed by atoms with Crippen LogP contribution >= 0.6 is 0 Å². The molecule has 3 rings (SSSR count). The summed E-state index contributed by atoms with van der Waals surface area (Å²) in [5.41, 5.74) is 0.976. The minimum atomic E-state index is -1.17. The Morgan fingerprint density at radius 3 is 2.54 bits per heavy atom. The molecule has 136 valence electrons. The van der Waals surface area contributed by atoms with Gasteiger partial charge in [0.05, 0.1) is 6.04 Å². The highest BCUT2D eigenvalue weighted by Gasteiger charge is 2.22. The highest BCUT2D eigenvalue weighted by molar-refractivity contribution is 5.96. The second-order valence-electron chi connectivity index (χ2n) is 6.33. The highest BCUT2D eigenvalue weighted by atomic mass is 16.6. The number of aromatic carboxylic acids is 1. The molecule has 7 heteroatoms. The molecule has 2 N–H and O–H groups in total. The summed E-state index contributed by atoms with van der Waals surface area (Å²) in [6, 6.07) is 8.09. The lowest BCUT2D eigenvalue weighted by atomic mass is 9.95. The largest absolute Gasteiger partial charge is 0.486 e. The van der Waals surface area contributed by atoms with Crippen LogP contribution in [0, 0.1) is 5.92 Å². The third kappa shape index (κ3) is 3.77. The van der Waals surface area contributed by atoms with E-state index in [9.17, 15) is 9.59 Å². The first-order valence-electron chi connectivity index (χ1n) is 8.35. The second-order valence-corrected chi connectivity index (χ2v) is 6.33. The maximum Gasteiger partial charge on any atom is 0.354 e. The van der Waals surface area contributed by atoms with Gasteiger partial charge in [0.15, 0.2) is 11.5 Å². The summed E-state index contributed by atoms with van der Waals surface area (Å²) >= 11 is 0. The van der Waals surface area contributed by atoms with Crippen molar-refractivity contribution in [3.63, 3.8) is 0 Å². The van der Waals surface area contributed by atoms with Crippen molar-refractivity contribution in [2.24, 2.45) is 5.92 Å². The third-order valence-corrected chi connectivity index (χ3v) is 4.12. The third-order valence-electron chi connectivity index (χ3n) is 4.12. The number of pyridine rings is 1. The lowest BCUT2D eigenvalue weighted by molar-refractivity contribution is 0.0690. The quantitative estimate of drug-likeness (QED) is 0.855. The molecular weight excluding hydrogens is 336 g/mol. The van der Waals surface area contributed by atoms with Crippen molar-refractivity contribution in [3.8, 4) is 11.5 Å². The summed E-state index contributed by atoms with van der Waals surface area (Å²) < 4.78 is 11.1. The molecule has 2 heterocycles. The van der Waals surface area contributed by atoms with Crippen LogP contribution in [0.4, 0.5) is 0 Å². The van der Waals surface area contributed by atoms with Crippen molar-refractivity contribution in [1.29, 1.82) is 0 Å². The lowest BCUT2D eigenvalue weighted by Gasteiger charge is -2.25. The minimum Gasteiger partial charge on any atom is -0.486 e. The van der Waals surface area contributed by atoms with Crippen molar-refractivity contribution in [2.75, 3.05) is 13.2 Å². The van der Waals surface area contributed by atoms with Crippen LogP contribution in [0.1, 0.15) is 46.3 Å². The Kier molecular flexibility index (Phi) is 5.06. The average Bonchev–Trinajstić information content (AvgIpc) is 2.65. The standard InChI is InChI=1S/C19H20N2O5/c1-11(2)17(12-3-4-15-16(10-12)26-8-7-25-15)21-18(22)13-5-6-20-14(9-13)19(23)24/h3-6,9-11,17H,7-8H2,1-2H3,(H,21,22)(H,23,24). The predicted octanol–water partition coefficient (Wildman–Crippen LogP) is 2.68. The number of ether oxygens (including phenoxy) is 2. The number of carbonyl (C=O) groups excluding carboxylic acids is 1. The zero-order valence-corrected chi connectivity index (χ0v) is 14.6. The van der Waals surface area contributed by atoms with Crippen molar-refractivity contribution in [2.45, 2.75) is 19.9 Å². The zero-order valence-electron chi connectivity index (χ0n) is 14.6. The van der Waals surface area contributed by atoms with E-state index in [1.807, 2.05) is 32.0 Å². The monoisotopic (exact) mass is 356 g/mol. The van der Waals surface area contributed by atoms with Gasteiger partial charge in [-0.2, -0.15) is 0 Å². The number of nitrogens with one attached hydrogen (secondary N) is 1. The Morgan fingerprint density at radius 2 is 1.85 bits per heavy atom. The zero-order chi connectivity index (χ0) is 18.7. The summed E-state index contributed by atoms with van der Waals surface area (Å²) in [5.74, 6) is -0.0718. The van der Waals surface area contributed by atoms with Gasteiger partial charge in [-0.05, 0) is 35.7 Å². The van der Waals surface area contributed by atoms with E-state index in [0.29, 0.717) is 24.7 Å². The van der Waals surface area contributed by atoms with E-state index in [4.69, 9.17) is 14.6 Å². The number of carboxylic acid groups (broad SMARTS) is 1. The number of carboxylic acids is 1. The molecule has 0 spiro atoms. The Bertz CT molecular complexity index is 834. The van der Waals surface area contributed by atoms with Crippen LogP contribution in [-0.4, -0.2) is 35.2 Å². The number of rotatable bonds is 5. The van der Waals surface area contributed by atoms with Gasteiger partial charge in [0, 0.05) is 11.8 Å². The maximum absolute atomic E-state index is 12.6. The van der Waals surface area contributed by atoms with Crippen molar-refractivity contribution >= 4 is 11.9 Å². The van der Waals surface area contributed by atoms with Gasteiger partial charge in [-0.25, -0.2) is 9.78 Å². The molecule has 1 aromatic carbocycles. The number of hydrogen-bond donors (Lipinski definition) is 2. The normalized spacial score (nSPS) is 14.0. The first kappa shape index (κ1) is 17.7. The Morgan fingerprint density at radius 1 is 1.12 bits per heavy atom. The Labute approximate surface area is 151 Å². The van der Waals surface area contributed by atoms with Gasteiger partial charge in [-0.15, -0.1) is 0 Å². The highest BCUT2D eigenvalue weighted by Crippen LogP contribution is 2.34. The summed E-state index contributed by atoms with van der Waals surface area (Å²) in [6.07, 6.45) is 1.31. The molecule has 1 aromatic heterocycles. The number of hydrogen-bond acceptors (Lipinski definition) is 5. The topological polar surface area (TPSA) is 97.8 Å². The number of carbonyl (C=O) groups is 2. The molecule has 0 fully saturated rings. The van der Waals surface area contributed by atoms with Crippen LogP contribution in [0.3, 0.4) is 0 Å². The average molecular weight is 356 g/mol. The summed E-state index contributed by atoms with van der Waals surface area (Å²) in [7, 11) is 0. The minimum absolute atomic E-state index is 0.113. The molecule has 1 atom stereocenters. The molecule has 0 saturated heterocycles. The molecule has 0 saturated carbocycles. The smallest absolute Gasteiger partial charge is 0.354 e. The molecular formula is C19H20N2O5. The fourth-order valence-electron chi connectivity index (χ4n) is 2.80. The lowest BCUT2D eigenvalue weighted by Crippen LogP contribution is -2.32. The van der Waals surface area contributed by atoms with E-state index in [2.05, 4.69) is 10.3 Å². The SMILES string of the molecule is CC(C)C(NC(=O)c1ccnc(C(=O)O)c1)c1ccc2c(c1)OCCO2. The fraction of sp³-hybridized carbons (Fsp3) is 0.316. The first-order chi connectivity index (χ1) is 12.5. The summed E-state index contributed by atoms with van der Waals surface area (Å²) in [4.78, 5) is 27.4. The number of benzene rings is 1. The Hall–Kier alpha value is -3.09. The molecule has 0 aliphatic carbocycles. The first-order valence-corrected chi connectivity index (χ1v) is 8.35. The van der Waals surface area contributed by atoms with Gasteiger partial charge in [0.1, 0.15) is 18.9 Å². The molecule has 2 aromatic rings. The van der Waals surface area contributed by atoms with E-state index in [1.54, 1.807) is 0 Å². The molecule has 0 bridgehead atoms. The summed E-state index contributed by atoms with van der Waals surface area (Å²) in [5, 5.41) is 12.0. The van der Waals surface area contributed by atoms with Crippen molar-refractivity contribution in [3.05, 3.63) is 53.3 Å². The van der Waals surface area contributed by atoms with Crippen LogP contribution in [0.5, 0.6) is 11.5 Å². The Balaban J connectivity index is 1.84. The van der Waals surface area contributed by atoms with Crippen LogP contribution in [0.25, 0.3) is 0 Å². The van der Waals surface area contributed by atoms with Gasteiger partial charge in [-0.1, -0.05) is 19.9 Å². The molecule has 7 nitrogen and oxygen atoms in total. The predicted molar refractivity (Wildman–Crippen MR) is 93.7 cm³/mol. The van der Waals surface area contributed by atoms with Crippen LogP contribution in [-0.2, 0) is 0 Å². The van der Waals surface area contributed by atoms with E-state index in [-0.39, 0.29) is 29.1 Å². The van der Waals surface area contributed by atoms with E-state index in [0.717, 1.165) is 5.56 Å². The number of amides is 1. The molecule has 1 unspecified atom stereocenters. The fourth-order valence-corrected chi connectivity index (χ4v) is 2.80. The molecule has 1 aliphatic rings. The molecule has 1 aliphatic heterocycles. The van der Waals surface area contributed by atoms with Gasteiger partial charge in [0.2, 0.25) is 0 Å². The van der Waals surface area contributed by atoms with E-state index in [1.165, 1.54) is 18.3 Å². The second kappa shape index (κ2) is 7.43. The van der Waals surface area contributed by atoms with Crippen molar-refractivity contribution < 1.29 is 24.2 Å². The number of fused-ring (bicyclic) bond motifs is 1. The summed E-state index contributed by atoms with van der Waals surface area (Å²) in [6.45, 7) is 5.00. The van der Waals surface area contributed by atoms with Crippen LogP contribution in [0.2, 0.25) is 0 Å². The van der Waals surface area contributed by atoms with E-state index >= 15 is 0 Å². The van der Waals surface area contributed by atoms with Crippen molar-refractivity contribution in [1.82, 2.24) is 10.3 Å². The van der Waals surface area contributed by atoms with Gasteiger partial charge in [0.25, 0.3) is 5.91 Å². The molecule has 0 radical (unpaired) electrons. The van der Waals surface area contributed by atoms with Gasteiger partial charge in [-0.3, -0.25) is 4.79 Å².